The number of likely N-dealkylation sites (N-methyl/N-ethyl adjacent to an activating group) is 1. The molecular weight excluding hydrogens is 162 g/mol. The third-order valence-electron chi connectivity index (χ3n) is 2.93. The predicted molar refractivity (Wildman–Crippen MR) is 56.7 cm³/mol. The monoisotopic (exact) mass is 185 g/mol. The number of nitrogens with one attached hydrogen (secondary N) is 1. The highest BCUT2D eigenvalue weighted by Gasteiger charge is 2.39. The standard InChI is InChI=1S/C10H23N3/c1-9-6-10(7-9,8-11)12-4-5-13(2)3/h9,12H,4-8,11H2,1-3H3. The molecule has 1 aliphatic rings. The van der Waals surface area contributed by atoms with E-state index in [0.717, 1.165) is 25.6 Å². The molecule has 0 atom stereocenters. The molecule has 0 aromatic carbocycles. The van der Waals surface area contributed by atoms with Crippen LogP contribution in [-0.2, 0) is 0 Å². The van der Waals surface area contributed by atoms with E-state index in [1.165, 1.54) is 12.8 Å². The van der Waals surface area contributed by atoms with Crippen molar-refractivity contribution in [1.29, 1.82) is 0 Å². The fourth-order valence-corrected chi connectivity index (χ4v) is 2.20. The smallest absolute Gasteiger partial charge is 0.0309 e. The molecule has 0 aromatic heterocycles. The first-order valence-electron chi connectivity index (χ1n) is 5.18. The second kappa shape index (κ2) is 4.40. The van der Waals surface area contributed by atoms with Gasteiger partial charge in [0.05, 0.1) is 0 Å². The van der Waals surface area contributed by atoms with Crippen LogP contribution < -0.4 is 11.1 Å². The van der Waals surface area contributed by atoms with Crippen LogP contribution in [0.1, 0.15) is 19.8 Å². The number of nitrogens with two attached hydrogens (primary N) is 1. The first-order valence-corrected chi connectivity index (χ1v) is 5.18. The lowest BCUT2D eigenvalue weighted by molar-refractivity contribution is 0.121. The summed E-state index contributed by atoms with van der Waals surface area (Å²) in [7, 11) is 4.19. The molecule has 1 saturated carbocycles. The van der Waals surface area contributed by atoms with E-state index >= 15 is 0 Å². The van der Waals surface area contributed by atoms with E-state index in [2.05, 4.69) is 31.2 Å². The zero-order chi connectivity index (χ0) is 9.90. The van der Waals surface area contributed by atoms with Crippen LogP contribution in [0.15, 0.2) is 0 Å². The van der Waals surface area contributed by atoms with Crippen molar-refractivity contribution >= 4 is 0 Å². The molecule has 0 spiro atoms. The van der Waals surface area contributed by atoms with Crippen LogP contribution in [0.2, 0.25) is 0 Å². The van der Waals surface area contributed by atoms with Crippen LogP contribution >= 0.6 is 0 Å². The van der Waals surface area contributed by atoms with Gasteiger partial charge >= 0.3 is 0 Å². The number of hydrogen-bond donors (Lipinski definition) is 2. The molecule has 0 radical (unpaired) electrons. The Labute approximate surface area is 81.7 Å². The van der Waals surface area contributed by atoms with Crippen LogP contribution in [0.4, 0.5) is 0 Å². The quantitative estimate of drug-likeness (QED) is 0.646. The number of nitrogens with zero attached hydrogens (tertiary/aromatic N) is 1. The molecule has 3 nitrogen and oxygen atoms in total. The minimum Gasteiger partial charge on any atom is -0.329 e. The van der Waals surface area contributed by atoms with E-state index in [4.69, 9.17) is 5.73 Å². The molecule has 1 fully saturated rings. The van der Waals surface area contributed by atoms with Crippen LogP contribution in [0.25, 0.3) is 0 Å². The Morgan fingerprint density at radius 3 is 2.46 bits per heavy atom. The van der Waals surface area contributed by atoms with E-state index in [9.17, 15) is 0 Å². The molecule has 0 heterocycles. The molecule has 0 amide bonds. The van der Waals surface area contributed by atoms with Gasteiger partial charge in [-0.3, -0.25) is 0 Å². The van der Waals surface area contributed by atoms with Crippen LogP contribution in [0, 0.1) is 5.92 Å². The lowest BCUT2D eigenvalue weighted by Crippen LogP contribution is -2.60. The molecule has 3 heteroatoms. The summed E-state index contributed by atoms with van der Waals surface area (Å²) in [5, 5.41) is 3.58. The lowest BCUT2D eigenvalue weighted by atomic mass is 9.69. The molecule has 1 rings (SSSR count). The molecule has 13 heavy (non-hydrogen) atoms. The summed E-state index contributed by atoms with van der Waals surface area (Å²) in [6.45, 7) is 5.22. The number of rotatable bonds is 5. The van der Waals surface area contributed by atoms with Gasteiger partial charge in [-0.15, -0.1) is 0 Å². The Hall–Kier alpha value is -0.120. The summed E-state index contributed by atoms with van der Waals surface area (Å²) in [5.74, 6) is 0.857. The van der Waals surface area contributed by atoms with Crippen molar-refractivity contribution in [2.45, 2.75) is 25.3 Å². The third-order valence-corrected chi connectivity index (χ3v) is 2.93. The largest absolute Gasteiger partial charge is 0.329 e. The van der Waals surface area contributed by atoms with E-state index in [1.807, 2.05) is 0 Å². The highest BCUT2D eigenvalue weighted by atomic mass is 15.1. The summed E-state index contributed by atoms with van der Waals surface area (Å²) in [4.78, 5) is 2.19. The predicted octanol–water partition coefficient (Wildman–Crippen LogP) is 0.265. The second-order valence-electron chi connectivity index (χ2n) is 4.73. The summed E-state index contributed by atoms with van der Waals surface area (Å²) < 4.78 is 0. The maximum absolute atomic E-state index is 5.77. The van der Waals surface area contributed by atoms with Crippen LogP contribution in [0.5, 0.6) is 0 Å². The Kier molecular flexibility index (Phi) is 3.71. The van der Waals surface area contributed by atoms with Gasteiger partial charge in [0, 0.05) is 25.2 Å². The molecular formula is C10H23N3. The summed E-state index contributed by atoms with van der Waals surface area (Å²) in [6.07, 6.45) is 2.49. The fourth-order valence-electron chi connectivity index (χ4n) is 2.20. The summed E-state index contributed by atoms with van der Waals surface area (Å²) in [5.41, 5.74) is 6.05. The van der Waals surface area contributed by atoms with Gasteiger partial charge in [0.2, 0.25) is 0 Å². The average molecular weight is 185 g/mol. The third kappa shape index (κ3) is 2.93. The van der Waals surface area contributed by atoms with Crippen molar-refractivity contribution in [2.24, 2.45) is 11.7 Å². The zero-order valence-corrected chi connectivity index (χ0v) is 9.14. The maximum atomic E-state index is 5.77. The fraction of sp³-hybridized carbons (Fsp3) is 1.00. The average Bonchev–Trinajstić information content (AvgIpc) is 2.00. The van der Waals surface area contributed by atoms with Crippen molar-refractivity contribution in [2.75, 3.05) is 33.7 Å². The van der Waals surface area contributed by atoms with Crippen molar-refractivity contribution in [3.05, 3.63) is 0 Å². The van der Waals surface area contributed by atoms with E-state index in [0.29, 0.717) is 0 Å². The maximum Gasteiger partial charge on any atom is 0.0309 e. The highest BCUT2D eigenvalue weighted by Crippen LogP contribution is 2.36. The van der Waals surface area contributed by atoms with Crippen molar-refractivity contribution in [1.82, 2.24) is 10.2 Å². The van der Waals surface area contributed by atoms with Gasteiger partial charge in [-0.05, 0) is 32.9 Å². The normalized spacial score (nSPS) is 33.5. The van der Waals surface area contributed by atoms with E-state index < -0.39 is 0 Å². The van der Waals surface area contributed by atoms with Gasteiger partial charge in [-0.2, -0.15) is 0 Å². The zero-order valence-electron chi connectivity index (χ0n) is 9.14. The Balaban J connectivity index is 2.18. The van der Waals surface area contributed by atoms with Crippen LogP contribution in [0.3, 0.4) is 0 Å². The van der Waals surface area contributed by atoms with Gasteiger partial charge in [-0.1, -0.05) is 6.92 Å². The molecule has 0 aromatic rings. The molecule has 0 saturated heterocycles. The molecule has 3 N–H and O–H groups in total. The lowest BCUT2D eigenvalue weighted by Gasteiger charge is -2.47. The molecule has 78 valence electrons. The first-order chi connectivity index (χ1) is 6.08. The van der Waals surface area contributed by atoms with Gasteiger partial charge in [0.1, 0.15) is 0 Å². The molecule has 0 aliphatic heterocycles. The topological polar surface area (TPSA) is 41.3 Å². The van der Waals surface area contributed by atoms with E-state index in [-0.39, 0.29) is 5.54 Å². The Morgan fingerprint density at radius 1 is 1.46 bits per heavy atom. The van der Waals surface area contributed by atoms with Crippen molar-refractivity contribution in [3.63, 3.8) is 0 Å². The van der Waals surface area contributed by atoms with Crippen molar-refractivity contribution < 1.29 is 0 Å². The van der Waals surface area contributed by atoms with Crippen molar-refractivity contribution in [3.8, 4) is 0 Å². The SMILES string of the molecule is CC1CC(CN)(NCCN(C)C)C1. The molecule has 0 unspecified atom stereocenters. The van der Waals surface area contributed by atoms with Gasteiger partial charge < -0.3 is 16.0 Å². The van der Waals surface area contributed by atoms with Gasteiger partial charge in [0.25, 0.3) is 0 Å². The van der Waals surface area contributed by atoms with Gasteiger partial charge in [0.15, 0.2) is 0 Å². The number of hydrogen-bond acceptors (Lipinski definition) is 3. The Bertz CT molecular complexity index is 150. The second-order valence-corrected chi connectivity index (χ2v) is 4.73. The molecule has 1 aliphatic carbocycles. The van der Waals surface area contributed by atoms with Gasteiger partial charge in [-0.25, -0.2) is 0 Å². The summed E-state index contributed by atoms with van der Waals surface area (Å²) in [6, 6.07) is 0. The van der Waals surface area contributed by atoms with Crippen LogP contribution in [-0.4, -0.2) is 44.2 Å². The van der Waals surface area contributed by atoms with E-state index in [1.54, 1.807) is 0 Å². The first kappa shape index (κ1) is 11.0. The Morgan fingerprint density at radius 2 is 2.08 bits per heavy atom. The minimum absolute atomic E-state index is 0.273. The summed E-state index contributed by atoms with van der Waals surface area (Å²) >= 11 is 0. The minimum atomic E-state index is 0.273. The molecule has 0 bridgehead atoms. The highest BCUT2D eigenvalue weighted by molar-refractivity contribution is 5.00.